The molecule has 5 aromatic rings. The maximum atomic E-state index is 13.4. The number of halogens is 1. The molecular weight excluding hydrogens is 403 g/mol. The van der Waals surface area contributed by atoms with Crippen molar-refractivity contribution in [1.82, 2.24) is 4.57 Å². The maximum absolute atomic E-state index is 13.4. The Kier molecular flexibility index (Phi) is 4.79. The number of nitrogens with zero attached hydrogens (tertiary/aromatic N) is 1. The molecule has 2 N–H and O–H groups in total. The zero-order valence-electron chi connectivity index (χ0n) is 17.1. The summed E-state index contributed by atoms with van der Waals surface area (Å²) < 4.78 is 14.9. The van der Waals surface area contributed by atoms with Gasteiger partial charge in [-0.3, -0.25) is 14.2 Å². The number of nitrogen functional groups attached to an aromatic ring is 1. The number of aromatic nitrogens is 1. The van der Waals surface area contributed by atoms with Gasteiger partial charge in [-0.05, 0) is 42.0 Å². The van der Waals surface area contributed by atoms with Crippen LogP contribution >= 0.6 is 0 Å². The highest BCUT2D eigenvalue weighted by atomic mass is 19.1. The molecule has 0 bridgehead atoms. The van der Waals surface area contributed by atoms with Crippen LogP contribution in [0.5, 0.6) is 0 Å². The molecule has 4 nitrogen and oxygen atoms in total. The second kappa shape index (κ2) is 7.78. The second-order valence-electron chi connectivity index (χ2n) is 7.70. The van der Waals surface area contributed by atoms with Crippen LogP contribution in [0.2, 0.25) is 0 Å². The molecule has 1 aromatic heterocycles. The average molecular weight is 422 g/mol. The molecule has 0 radical (unpaired) electrons. The Balaban J connectivity index is 1.47. The summed E-state index contributed by atoms with van der Waals surface area (Å²) in [6, 6.07) is 26.2. The third-order valence-corrected chi connectivity index (χ3v) is 5.70. The van der Waals surface area contributed by atoms with E-state index in [9.17, 15) is 14.0 Å². The summed E-state index contributed by atoms with van der Waals surface area (Å²) in [5.74, 6) is -0.755. The fraction of sp³-hybridized carbons (Fsp3) is 0.0370. The summed E-state index contributed by atoms with van der Waals surface area (Å²) in [6.07, 6.45) is 0.0618. The summed E-state index contributed by atoms with van der Waals surface area (Å²) in [6.45, 7) is 0. The first-order chi connectivity index (χ1) is 15.5. The summed E-state index contributed by atoms with van der Waals surface area (Å²) in [4.78, 5) is 26.1. The highest BCUT2D eigenvalue weighted by Crippen LogP contribution is 2.29. The van der Waals surface area contributed by atoms with Gasteiger partial charge in [0, 0.05) is 34.0 Å². The number of ketones is 1. The van der Waals surface area contributed by atoms with Crippen LogP contribution in [0, 0.1) is 5.82 Å². The van der Waals surface area contributed by atoms with Crippen LogP contribution in [-0.4, -0.2) is 16.3 Å². The molecule has 5 heteroatoms. The molecule has 0 unspecified atom stereocenters. The summed E-state index contributed by atoms with van der Waals surface area (Å²) >= 11 is 0. The molecule has 0 aliphatic carbocycles. The first kappa shape index (κ1) is 19.7. The van der Waals surface area contributed by atoms with E-state index in [1.807, 2.05) is 48.5 Å². The van der Waals surface area contributed by atoms with Crippen molar-refractivity contribution in [1.29, 1.82) is 0 Å². The zero-order valence-corrected chi connectivity index (χ0v) is 17.1. The molecule has 5 rings (SSSR count). The number of para-hydroxylation sites is 2. The third-order valence-electron chi connectivity index (χ3n) is 5.70. The van der Waals surface area contributed by atoms with Crippen molar-refractivity contribution >= 4 is 39.2 Å². The second-order valence-corrected chi connectivity index (χ2v) is 7.70. The molecular formula is C27H19FN2O2. The number of Topliss-reactive ketones (excluding diaryl/α,β-unsaturated/α-hetero) is 1. The quantitative estimate of drug-likeness (QED) is 0.302. The summed E-state index contributed by atoms with van der Waals surface area (Å²) in [5, 5.41) is 2.03. The molecule has 32 heavy (non-hydrogen) atoms. The molecule has 0 atom stereocenters. The van der Waals surface area contributed by atoms with Crippen molar-refractivity contribution in [3.63, 3.8) is 0 Å². The standard InChI is InChI=1S/C27H19FN2O2/c28-20-14-13-19(23(29)16-20)15-26(31)17-9-11-18(12-10-17)27(32)30-24-7-3-1-5-21(24)22-6-2-4-8-25(22)30/h1-14,16H,15,29H2. The van der Waals surface area contributed by atoms with Crippen LogP contribution in [0.3, 0.4) is 0 Å². The van der Waals surface area contributed by atoms with Gasteiger partial charge in [0.2, 0.25) is 0 Å². The lowest BCUT2D eigenvalue weighted by atomic mass is 10.0. The SMILES string of the molecule is Nc1cc(F)ccc1CC(=O)c1ccc(C(=O)n2c3ccccc3c3ccccc32)cc1. The van der Waals surface area contributed by atoms with Gasteiger partial charge >= 0.3 is 0 Å². The molecule has 0 saturated carbocycles. The van der Waals surface area contributed by atoms with E-state index in [0.717, 1.165) is 21.8 Å². The Morgan fingerprint density at radius 3 is 1.91 bits per heavy atom. The van der Waals surface area contributed by atoms with Gasteiger partial charge in [-0.2, -0.15) is 0 Å². The van der Waals surface area contributed by atoms with Crippen LogP contribution in [0.25, 0.3) is 21.8 Å². The maximum Gasteiger partial charge on any atom is 0.262 e. The minimum Gasteiger partial charge on any atom is -0.398 e. The van der Waals surface area contributed by atoms with Gasteiger partial charge in [-0.1, -0.05) is 54.6 Å². The van der Waals surface area contributed by atoms with Gasteiger partial charge < -0.3 is 5.73 Å². The van der Waals surface area contributed by atoms with Gasteiger partial charge in [0.1, 0.15) is 5.82 Å². The van der Waals surface area contributed by atoms with E-state index < -0.39 is 5.82 Å². The highest BCUT2D eigenvalue weighted by Gasteiger charge is 2.18. The number of hydrogen-bond acceptors (Lipinski definition) is 3. The lowest BCUT2D eigenvalue weighted by Crippen LogP contribution is -2.12. The highest BCUT2D eigenvalue weighted by molar-refractivity contribution is 6.16. The van der Waals surface area contributed by atoms with Crippen molar-refractivity contribution in [2.45, 2.75) is 6.42 Å². The Labute approximate surface area is 183 Å². The number of anilines is 1. The van der Waals surface area contributed by atoms with Crippen molar-refractivity contribution in [2.75, 3.05) is 5.73 Å². The minimum absolute atomic E-state index is 0.0618. The Hall–Kier alpha value is -4.25. The lowest BCUT2D eigenvalue weighted by Gasteiger charge is -2.08. The molecule has 0 spiro atoms. The van der Waals surface area contributed by atoms with Crippen LogP contribution in [-0.2, 0) is 6.42 Å². The van der Waals surface area contributed by atoms with Gasteiger partial charge in [-0.15, -0.1) is 0 Å². The summed E-state index contributed by atoms with van der Waals surface area (Å²) in [7, 11) is 0. The Morgan fingerprint density at radius 1 is 0.750 bits per heavy atom. The van der Waals surface area contributed by atoms with Crippen molar-refractivity contribution in [3.05, 3.63) is 114 Å². The van der Waals surface area contributed by atoms with E-state index in [1.54, 1.807) is 28.8 Å². The fourth-order valence-electron chi connectivity index (χ4n) is 4.07. The van der Waals surface area contributed by atoms with E-state index in [0.29, 0.717) is 16.7 Å². The van der Waals surface area contributed by atoms with Crippen LogP contribution in [0.4, 0.5) is 10.1 Å². The normalized spacial score (nSPS) is 11.2. The van der Waals surface area contributed by atoms with Crippen LogP contribution in [0.1, 0.15) is 26.3 Å². The first-order valence-corrected chi connectivity index (χ1v) is 10.2. The molecule has 0 fully saturated rings. The van der Waals surface area contributed by atoms with Gasteiger partial charge in [0.05, 0.1) is 11.0 Å². The third kappa shape index (κ3) is 3.34. The zero-order chi connectivity index (χ0) is 22.2. The Bertz CT molecular complexity index is 1450. The number of rotatable bonds is 4. The van der Waals surface area contributed by atoms with Gasteiger partial charge in [0.15, 0.2) is 5.78 Å². The minimum atomic E-state index is -0.438. The monoisotopic (exact) mass is 422 g/mol. The molecule has 4 aromatic carbocycles. The number of hydrogen-bond donors (Lipinski definition) is 1. The number of carbonyl (C=O) groups excluding carboxylic acids is 2. The molecule has 0 saturated heterocycles. The van der Waals surface area contributed by atoms with E-state index in [4.69, 9.17) is 5.73 Å². The van der Waals surface area contributed by atoms with Gasteiger partial charge in [0.25, 0.3) is 5.91 Å². The van der Waals surface area contributed by atoms with Crippen LogP contribution in [0.15, 0.2) is 91.0 Å². The van der Waals surface area contributed by atoms with Crippen LogP contribution < -0.4 is 5.73 Å². The van der Waals surface area contributed by atoms with Crippen molar-refractivity contribution in [3.8, 4) is 0 Å². The van der Waals surface area contributed by atoms with E-state index >= 15 is 0 Å². The molecule has 0 aliphatic heterocycles. The number of carbonyl (C=O) groups is 2. The lowest BCUT2D eigenvalue weighted by molar-refractivity contribution is 0.0964. The summed E-state index contributed by atoms with van der Waals surface area (Å²) in [5.41, 5.74) is 9.26. The van der Waals surface area contributed by atoms with Gasteiger partial charge in [-0.25, -0.2) is 4.39 Å². The largest absolute Gasteiger partial charge is 0.398 e. The fourth-order valence-corrected chi connectivity index (χ4v) is 4.07. The molecule has 0 amide bonds. The van der Waals surface area contributed by atoms with Crippen molar-refractivity contribution < 1.29 is 14.0 Å². The van der Waals surface area contributed by atoms with Crippen molar-refractivity contribution in [2.24, 2.45) is 0 Å². The number of fused-ring (bicyclic) bond motifs is 3. The topological polar surface area (TPSA) is 65.1 Å². The predicted octanol–water partition coefficient (Wildman–Crippen LogP) is 5.63. The average Bonchev–Trinajstić information content (AvgIpc) is 3.15. The predicted molar refractivity (Wildman–Crippen MR) is 124 cm³/mol. The smallest absolute Gasteiger partial charge is 0.262 e. The molecule has 156 valence electrons. The molecule has 0 aliphatic rings. The van der Waals surface area contributed by atoms with E-state index in [1.165, 1.54) is 18.2 Å². The Morgan fingerprint density at radius 2 is 1.31 bits per heavy atom. The van der Waals surface area contributed by atoms with E-state index in [-0.39, 0.29) is 23.8 Å². The molecule has 1 heterocycles. The van der Waals surface area contributed by atoms with E-state index in [2.05, 4.69) is 0 Å². The number of nitrogens with two attached hydrogens (primary N) is 1. The number of benzene rings is 4. The first-order valence-electron chi connectivity index (χ1n) is 10.2.